The van der Waals surface area contributed by atoms with Crippen LogP contribution in [0.1, 0.15) is 66.0 Å². The van der Waals surface area contributed by atoms with Crippen LogP contribution >= 0.6 is 27.7 Å². The van der Waals surface area contributed by atoms with Gasteiger partial charge in [0.2, 0.25) is 11.8 Å². The standard InChI is InChI=1S/C28H39BrN2O5S/c1-7-36-25(35)19-20-24(34)31(18(14-32)16-11-9-8-10-12-16)22(28(20)13-17(29)21(19)37-28)23(33)30-27(5,6)15-26(2,3)4/h8-12,17-22,32H,7,13-15H2,1-6H3,(H,30,33)/t17?,18-,19+,20+,21+,22?,28?/m1/s1. The molecule has 3 unspecified atom stereocenters. The van der Waals surface area contributed by atoms with Crippen LogP contribution in [0.4, 0.5) is 0 Å². The van der Waals surface area contributed by atoms with E-state index in [-0.39, 0.29) is 40.5 Å². The van der Waals surface area contributed by atoms with Crippen LogP contribution in [0.2, 0.25) is 0 Å². The molecular formula is C28H39BrN2O5S. The molecule has 1 aromatic rings. The third-order valence-electron chi connectivity index (χ3n) is 7.66. The highest BCUT2D eigenvalue weighted by Gasteiger charge is 2.76. The first kappa shape index (κ1) is 28.4. The fourth-order valence-corrected chi connectivity index (χ4v) is 10.6. The second-order valence-corrected chi connectivity index (χ2v) is 15.1. The molecule has 2 N–H and O–H groups in total. The van der Waals surface area contributed by atoms with Gasteiger partial charge in [-0.25, -0.2) is 0 Å². The Morgan fingerprint density at radius 2 is 1.89 bits per heavy atom. The molecule has 3 fully saturated rings. The monoisotopic (exact) mass is 594 g/mol. The van der Waals surface area contributed by atoms with Crippen molar-refractivity contribution in [2.24, 2.45) is 17.3 Å². The smallest absolute Gasteiger partial charge is 0.310 e. The molecule has 0 aliphatic carbocycles. The molecule has 1 aromatic carbocycles. The Kier molecular flexibility index (Phi) is 7.83. The average molecular weight is 596 g/mol. The maximum atomic E-state index is 14.3. The van der Waals surface area contributed by atoms with Gasteiger partial charge in [0.15, 0.2) is 0 Å². The van der Waals surface area contributed by atoms with Gasteiger partial charge in [-0.15, -0.1) is 11.8 Å². The first-order valence-corrected chi connectivity index (χ1v) is 14.8. The molecule has 3 aliphatic rings. The zero-order chi connectivity index (χ0) is 27.3. The van der Waals surface area contributed by atoms with Gasteiger partial charge < -0.3 is 20.1 Å². The zero-order valence-corrected chi connectivity index (χ0v) is 24.9. The number of carbonyl (C=O) groups is 3. The molecule has 7 nitrogen and oxygen atoms in total. The van der Waals surface area contributed by atoms with Crippen LogP contribution < -0.4 is 5.32 Å². The molecule has 37 heavy (non-hydrogen) atoms. The van der Waals surface area contributed by atoms with Crippen molar-refractivity contribution in [3.8, 4) is 0 Å². The number of alkyl halides is 1. The summed E-state index contributed by atoms with van der Waals surface area (Å²) in [4.78, 5) is 43.2. The second-order valence-electron chi connectivity index (χ2n) is 12.4. The van der Waals surface area contributed by atoms with Crippen LogP contribution in [-0.2, 0) is 19.1 Å². The molecule has 2 amide bonds. The lowest BCUT2D eigenvalue weighted by atomic mass is 9.71. The molecule has 7 atom stereocenters. The number of nitrogens with zero attached hydrogens (tertiary/aromatic N) is 1. The van der Waals surface area contributed by atoms with Crippen LogP contribution in [0.15, 0.2) is 30.3 Å². The normalized spacial score (nSPS) is 31.8. The molecule has 1 spiro atoms. The van der Waals surface area contributed by atoms with Crippen LogP contribution in [0.5, 0.6) is 0 Å². The molecule has 9 heteroatoms. The first-order valence-electron chi connectivity index (χ1n) is 13.0. The molecule has 3 aliphatic heterocycles. The summed E-state index contributed by atoms with van der Waals surface area (Å²) >= 11 is 5.34. The van der Waals surface area contributed by atoms with Gasteiger partial charge in [-0.1, -0.05) is 67.0 Å². The topological polar surface area (TPSA) is 95.9 Å². The quantitative estimate of drug-likeness (QED) is 0.348. The van der Waals surface area contributed by atoms with Crippen molar-refractivity contribution in [3.05, 3.63) is 35.9 Å². The van der Waals surface area contributed by atoms with Crippen molar-refractivity contribution in [3.63, 3.8) is 0 Å². The number of benzene rings is 1. The highest BCUT2D eigenvalue weighted by Crippen LogP contribution is 2.68. The number of rotatable bonds is 8. The van der Waals surface area contributed by atoms with Crippen LogP contribution in [0.25, 0.3) is 0 Å². The van der Waals surface area contributed by atoms with E-state index in [1.165, 1.54) is 0 Å². The molecule has 3 saturated heterocycles. The van der Waals surface area contributed by atoms with Gasteiger partial charge in [0.05, 0.1) is 35.8 Å². The Bertz CT molecular complexity index is 1040. The molecule has 0 saturated carbocycles. The Hall–Kier alpha value is -1.58. The van der Waals surface area contributed by atoms with Crippen molar-refractivity contribution < 1.29 is 24.2 Å². The number of hydrogen-bond donors (Lipinski definition) is 2. The fourth-order valence-electron chi connectivity index (χ4n) is 7.01. The minimum Gasteiger partial charge on any atom is -0.466 e. The van der Waals surface area contributed by atoms with E-state index in [1.54, 1.807) is 23.6 Å². The van der Waals surface area contributed by atoms with Gasteiger partial charge in [-0.05, 0) is 44.6 Å². The van der Waals surface area contributed by atoms with Gasteiger partial charge in [0.1, 0.15) is 6.04 Å². The van der Waals surface area contributed by atoms with E-state index in [9.17, 15) is 19.5 Å². The Morgan fingerprint density at radius 3 is 2.46 bits per heavy atom. The second kappa shape index (κ2) is 10.2. The lowest BCUT2D eigenvalue weighted by Crippen LogP contribution is -2.59. The molecule has 4 rings (SSSR count). The van der Waals surface area contributed by atoms with Gasteiger partial charge in [0.25, 0.3) is 0 Å². The third kappa shape index (κ3) is 5.08. The third-order valence-corrected chi connectivity index (χ3v) is 10.9. The Labute approximate surface area is 232 Å². The SMILES string of the molecule is CCOC(=O)[C@H]1[C@H]2C(=O)N([C@H](CO)c3ccccc3)C(C(=O)NC(C)(C)CC(C)(C)C)C23CC(Br)[C@@H]1S3. The number of aliphatic hydroxyl groups excluding tert-OH is 1. The number of carbonyl (C=O) groups excluding carboxylic acids is 3. The summed E-state index contributed by atoms with van der Waals surface area (Å²) in [5.41, 5.74) is 0.219. The number of nitrogens with one attached hydrogen (secondary N) is 1. The summed E-state index contributed by atoms with van der Waals surface area (Å²) in [6, 6.07) is 7.77. The van der Waals surface area contributed by atoms with E-state index < -0.39 is 40.2 Å². The average Bonchev–Trinajstić information content (AvgIpc) is 3.37. The predicted octanol–water partition coefficient (Wildman–Crippen LogP) is 4.08. The largest absolute Gasteiger partial charge is 0.466 e. The number of likely N-dealkylation sites (tertiary alicyclic amines) is 1. The summed E-state index contributed by atoms with van der Waals surface area (Å²) in [7, 11) is 0. The number of esters is 1. The minimum absolute atomic E-state index is 0.0169. The predicted molar refractivity (Wildman–Crippen MR) is 148 cm³/mol. The van der Waals surface area contributed by atoms with E-state index >= 15 is 0 Å². The van der Waals surface area contributed by atoms with Crippen molar-refractivity contribution in [1.82, 2.24) is 10.2 Å². The van der Waals surface area contributed by atoms with Crippen molar-refractivity contribution in [1.29, 1.82) is 0 Å². The highest BCUT2D eigenvalue weighted by molar-refractivity contribution is 9.09. The zero-order valence-electron chi connectivity index (χ0n) is 22.5. The van der Waals surface area contributed by atoms with E-state index in [0.29, 0.717) is 6.42 Å². The number of amides is 2. The molecule has 2 bridgehead atoms. The summed E-state index contributed by atoms with van der Waals surface area (Å²) in [6.45, 7) is 12.0. The van der Waals surface area contributed by atoms with E-state index in [0.717, 1.165) is 12.0 Å². The Morgan fingerprint density at radius 1 is 1.24 bits per heavy atom. The lowest BCUT2D eigenvalue weighted by Gasteiger charge is -2.40. The van der Waals surface area contributed by atoms with Gasteiger partial charge in [-0.3, -0.25) is 14.4 Å². The first-order chi connectivity index (χ1) is 17.3. The minimum atomic E-state index is -0.837. The Balaban J connectivity index is 1.80. The van der Waals surface area contributed by atoms with Gasteiger partial charge in [-0.2, -0.15) is 0 Å². The van der Waals surface area contributed by atoms with Crippen LogP contribution in [0, 0.1) is 17.3 Å². The van der Waals surface area contributed by atoms with Gasteiger partial charge >= 0.3 is 5.97 Å². The number of hydrogen-bond acceptors (Lipinski definition) is 6. The molecular weight excluding hydrogens is 556 g/mol. The lowest BCUT2D eigenvalue weighted by molar-refractivity contribution is -0.154. The van der Waals surface area contributed by atoms with Gasteiger partial charge in [0, 0.05) is 15.6 Å². The van der Waals surface area contributed by atoms with Crippen LogP contribution in [-0.4, -0.2) is 67.4 Å². The van der Waals surface area contributed by atoms with Crippen molar-refractivity contribution in [2.75, 3.05) is 13.2 Å². The van der Waals surface area contributed by atoms with Crippen molar-refractivity contribution in [2.45, 2.75) is 86.8 Å². The van der Waals surface area contributed by atoms with Crippen LogP contribution in [0.3, 0.4) is 0 Å². The summed E-state index contributed by atoms with van der Waals surface area (Å²) in [5.74, 6) is -2.22. The van der Waals surface area contributed by atoms with E-state index in [2.05, 4.69) is 42.0 Å². The highest BCUT2D eigenvalue weighted by atomic mass is 79.9. The molecule has 0 radical (unpaired) electrons. The van der Waals surface area contributed by atoms with Crippen molar-refractivity contribution >= 4 is 45.5 Å². The maximum Gasteiger partial charge on any atom is 0.310 e. The number of fused-ring (bicyclic) bond motifs is 1. The number of aliphatic hydroxyl groups is 1. The fraction of sp³-hybridized carbons (Fsp3) is 0.679. The molecule has 3 heterocycles. The summed E-state index contributed by atoms with van der Waals surface area (Å²) in [6.07, 6.45) is 1.32. The summed E-state index contributed by atoms with van der Waals surface area (Å²) < 4.78 is 4.63. The van der Waals surface area contributed by atoms with E-state index in [4.69, 9.17) is 4.74 Å². The molecule has 204 valence electrons. The number of halogens is 1. The summed E-state index contributed by atoms with van der Waals surface area (Å²) in [5, 5.41) is 13.6. The maximum absolute atomic E-state index is 14.3. The number of ether oxygens (including phenoxy) is 1. The van der Waals surface area contributed by atoms with E-state index in [1.807, 2.05) is 44.2 Å². The molecule has 0 aromatic heterocycles. The number of thioether (sulfide) groups is 1.